The summed E-state index contributed by atoms with van der Waals surface area (Å²) in [6.07, 6.45) is 2.05. The lowest BCUT2D eigenvalue weighted by molar-refractivity contribution is -0.109. The van der Waals surface area contributed by atoms with Crippen LogP contribution >= 0.6 is 0 Å². The molecule has 0 saturated carbocycles. The van der Waals surface area contributed by atoms with E-state index in [-0.39, 0.29) is 11.3 Å². The van der Waals surface area contributed by atoms with Crippen LogP contribution in [-0.4, -0.2) is 19.4 Å². The molecule has 1 saturated heterocycles. The maximum Gasteiger partial charge on any atom is 0.159 e. The molecule has 0 bridgehead atoms. The third-order valence-electron chi connectivity index (χ3n) is 4.80. The quantitative estimate of drug-likeness (QED) is 0.856. The number of aldehydes is 1. The molecular formula is C19H19F2NO. The maximum atomic E-state index is 13.6. The van der Waals surface area contributed by atoms with Gasteiger partial charge in [-0.3, -0.25) is 0 Å². The zero-order valence-electron chi connectivity index (χ0n) is 12.8. The van der Waals surface area contributed by atoms with Crippen molar-refractivity contribution < 1.29 is 13.6 Å². The van der Waals surface area contributed by atoms with Crippen LogP contribution in [0.2, 0.25) is 0 Å². The molecule has 23 heavy (non-hydrogen) atoms. The van der Waals surface area contributed by atoms with E-state index in [0.717, 1.165) is 29.9 Å². The first-order chi connectivity index (χ1) is 11.1. The van der Waals surface area contributed by atoms with Gasteiger partial charge in [-0.25, -0.2) is 8.78 Å². The van der Waals surface area contributed by atoms with Crippen molar-refractivity contribution in [1.82, 2.24) is 5.32 Å². The van der Waals surface area contributed by atoms with Gasteiger partial charge in [-0.05, 0) is 29.7 Å². The van der Waals surface area contributed by atoms with Crippen LogP contribution in [0, 0.1) is 17.0 Å². The fraction of sp³-hybridized carbons (Fsp3) is 0.316. The summed E-state index contributed by atoms with van der Waals surface area (Å²) in [7, 11) is 0. The SMILES string of the molecule is O=CC[C@@]1(Cc2ccccc2)CNC[C@H]1c1ccc(F)c(F)c1. The van der Waals surface area contributed by atoms with Gasteiger partial charge in [0.15, 0.2) is 11.6 Å². The van der Waals surface area contributed by atoms with Crippen molar-refractivity contribution >= 4 is 6.29 Å². The van der Waals surface area contributed by atoms with Crippen molar-refractivity contribution in [2.45, 2.75) is 18.8 Å². The Kier molecular flexibility index (Phi) is 4.53. The molecule has 0 unspecified atom stereocenters. The summed E-state index contributed by atoms with van der Waals surface area (Å²) < 4.78 is 26.9. The van der Waals surface area contributed by atoms with Gasteiger partial charge < -0.3 is 10.1 Å². The number of halogens is 2. The van der Waals surface area contributed by atoms with Gasteiger partial charge in [0.25, 0.3) is 0 Å². The van der Waals surface area contributed by atoms with Gasteiger partial charge in [0, 0.05) is 30.8 Å². The molecule has 120 valence electrons. The normalized spacial score (nSPS) is 23.8. The summed E-state index contributed by atoms with van der Waals surface area (Å²) in [6.45, 7) is 1.34. The van der Waals surface area contributed by atoms with E-state index in [9.17, 15) is 13.6 Å². The standard InChI is InChI=1S/C19H19F2NO/c20-17-7-6-15(10-18(17)21)16-12-22-13-19(16,8-9-23)11-14-4-2-1-3-5-14/h1-7,9-10,16,22H,8,11-13H2/t16-,19+/m0/s1. The number of carbonyl (C=O) groups is 1. The van der Waals surface area contributed by atoms with Gasteiger partial charge in [-0.1, -0.05) is 36.4 Å². The van der Waals surface area contributed by atoms with Gasteiger partial charge in [-0.2, -0.15) is 0 Å². The Hall–Kier alpha value is -2.07. The molecule has 0 aliphatic carbocycles. The molecule has 0 radical (unpaired) electrons. The van der Waals surface area contributed by atoms with Crippen LogP contribution in [0.5, 0.6) is 0 Å². The molecule has 1 aliphatic heterocycles. The van der Waals surface area contributed by atoms with Crippen molar-refractivity contribution in [3.8, 4) is 0 Å². The van der Waals surface area contributed by atoms with E-state index in [2.05, 4.69) is 5.32 Å². The van der Waals surface area contributed by atoms with Crippen LogP contribution < -0.4 is 5.32 Å². The molecule has 1 fully saturated rings. The topological polar surface area (TPSA) is 29.1 Å². The minimum atomic E-state index is -0.844. The molecular weight excluding hydrogens is 296 g/mol. The van der Waals surface area contributed by atoms with E-state index in [0.29, 0.717) is 19.5 Å². The Labute approximate surface area is 134 Å². The Bertz CT molecular complexity index is 689. The second kappa shape index (κ2) is 6.59. The van der Waals surface area contributed by atoms with Gasteiger partial charge in [-0.15, -0.1) is 0 Å². The van der Waals surface area contributed by atoms with Crippen molar-refractivity contribution in [2.75, 3.05) is 13.1 Å². The molecule has 1 N–H and O–H groups in total. The monoisotopic (exact) mass is 315 g/mol. The molecule has 0 aromatic heterocycles. The van der Waals surface area contributed by atoms with Crippen LogP contribution in [-0.2, 0) is 11.2 Å². The Balaban J connectivity index is 1.96. The highest BCUT2D eigenvalue weighted by Crippen LogP contribution is 2.44. The number of hydrogen-bond acceptors (Lipinski definition) is 2. The minimum Gasteiger partial charge on any atom is -0.316 e. The van der Waals surface area contributed by atoms with E-state index < -0.39 is 11.6 Å². The molecule has 2 aromatic carbocycles. The lowest BCUT2D eigenvalue weighted by Gasteiger charge is -2.34. The summed E-state index contributed by atoms with van der Waals surface area (Å²) >= 11 is 0. The van der Waals surface area contributed by atoms with Crippen LogP contribution in [0.1, 0.15) is 23.5 Å². The highest BCUT2D eigenvalue weighted by Gasteiger charge is 2.43. The van der Waals surface area contributed by atoms with Gasteiger partial charge in [0.1, 0.15) is 6.29 Å². The molecule has 1 heterocycles. The number of benzene rings is 2. The Morgan fingerprint density at radius 2 is 1.91 bits per heavy atom. The first-order valence-corrected chi connectivity index (χ1v) is 7.78. The van der Waals surface area contributed by atoms with E-state index >= 15 is 0 Å². The average Bonchev–Trinajstić information content (AvgIpc) is 2.95. The van der Waals surface area contributed by atoms with Crippen LogP contribution in [0.3, 0.4) is 0 Å². The molecule has 0 spiro atoms. The van der Waals surface area contributed by atoms with Crippen molar-refractivity contribution in [3.63, 3.8) is 0 Å². The van der Waals surface area contributed by atoms with Crippen LogP contribution in [0.4, 0.5) is 8.78 Å². The third-order valence-corrected chi connectivity index (χ3v) is 4.80. The molecule has 2 nitrogen and oxygen atoms in total. The second-order valence-electron chi connectivity index (χ2n) is 6.25. The van der Waals surface area contributed by atoms with Gasteiger partial charge >= 0.3 is 0 Å². The molecule has 2 aromatic rings. The molecule has 4 heteroatoms. The molecule has 1 aliphatic rings. The van der Waals surface area contributed by atoms with Crippen molar-refractivity contribution in [1.29, 1.82) is 0 Å². The van der Waals surface area contributed by atoms with Gasteiger partial charge in [0.05, 0.1) is 0 Å². The Morgan fingerprint density at radius 3 is 2.61 bits per heavy atom. The molecule has 0 amide bonds. The number of hydrogen-bond donors (Lipinski definition) is 1. The third kappa shape index (κ3) is 3.17. The second-order valence-corrected chi connectivity index (χ2v) is 6.25. The molecule has 3 rings (SSSR count). The van der Waals surface area contributed by atoms with E-state index in [4.69, 9.17) is 0 Å². The van der Waals surface area contributed by atoms with Gasteiger partial charge in [0.2, 0.25) is 0 Å². The average molecular weight is 315 g/mol. The van der Waals surface area contributed by atoms with Crippen molar-refractivity contribution in [3.05, 3.63) is 71.3 Å². The first kappa shape index (κ1) is 15.8. The van der Waals surface area contributed by atoms with Crippen LogP contribution in [0.15, 0.2) is 48.5 Å². The highest BCUT2D eigenvalue weighted by molar-refractivity contribution is 5.52. The minimum absolute atomic E-state index is 0.0250. The van der Waals surface area contributed by atoms with E-state index in [1.165, 1.54) is 6.07 Å². The number of carbonyl (C=O) groups excluding carboxylic acids is 1. The van der Waals surface area contributed by atoms with Crippen LogP contribution in [0.25, 0.3) is 0 Å². The first-order valence-electron chi connectivity index (χ1n) is 7.78. The smallest absolute Gasteiger partial charge is 0.159 e. The lowest BCUT2D eigenvalue weighted by Crippen LogP contribution is -2.32. The number of nitrogens with one attached hydrogen (secondary N) is 1. The summed E-state index contributed by atoms with van der Waals surface area (Å²) in [6, 6.07) is 14.0. The van der Waals surface area contributed by atoms with Crippen molar-refractivity contribution in [2.24, 2.45) is 5.41 Å². The summed E-state index contributed by atoms with van der Waals surface area (Å²) in [5, 5.41) is 3.33. The summed E-state index contributed by atoms with van der Waals surface area (Å²) in [5.41, 5.74) is 1.57. The predicted molar refractivity (Wildman–Crippen MR) is 85.2 cm³/mol. The largest absolute Gasteiger partial charge is 0.316 e. The van der Waals surface area contributed by atoms with E-state index in [1.807, 2.05) is 30.3 Å². The maximum absolute atomic E-state index is 13.6. The summed E-state index contributed by atoms with van der Waals surface area (Å²) in [4.78, 5) is 11.3. The Morgan fingerprint density at radius 1 is 1.13 bits per heavy atom. The zero-order chi connectivity index (χ0) is 16.3. The number of rotatable bonds is 5. The lowest BCUT2D eigenvalue weighted by atomic mass is 9.69. The fourth-order valence-electron chi connectivity index (χ4n) is 3.65. The zero-order valence-corrected chi connectivity index (χ0v) is 12.8. The predicted octanol–water partition coefficient (Wildman–Crippen LogP) is 3.47. The summed E-state index contributed by atoms with van der Waals surface area (Å²) in [5.74, 6) is -1.71. The molecule has 2 atom stereocenters. The fourth-order valence-corrected chi connectivity index (χ4v) is 3.65. The highest BCUT2D eigenvalue weighted by atomic mass is 19.2. The van der Waals surface area contributed by atoms with E-state index in [1.54, 1.807) is 6.07 Å².